The zero-order valence-corrected chi connectivity index (χ0v) is 16.4. The quantitative estimate of drug-likeness (QED) is 0.694. The first-order valence-electron chi connectivity index (χ1n) is 9.75. The molecule has 3 amide bonds. The molecular weight excluding hydrogens is 378 g/mol. The first-order chi connectivity index (χ1) is 14.5. The normalized spacial score (nSPS) is 16.7. The van der Waals surface area contributed by atoms with Crippen LogP contribution < -0.4 is 10.6 Å². The van der Waals surface area contributed by atoms with Gasteiger partial charge in [-0.25, -0.2) is 9.78 Å². The Bertz CT molecular complexity index is 1240. The second kappa shape index (κ2) is 6.56. The lowest BCUT2D eigenvalue weighted by molar-refractivity contribution is 0.0397. The van der Waals surface area contributed by atoms with Gasteiger partial charge in [0.2, 0.25) is 0 Å². The van der Waals surface area contributed by atoms with Crippen LogP contribution >= 0.6 is 0 Å². The van der Waals surface area contributed by atoms with E-state index in [-0.39, 0.29) is 17.5 Å². The Morgan fingerprint density at radius 3 is 2.57 bits per heavy atom. The molecule has 2 fully saturated rings. The fourth-order valence-corrected chi connectivity index (χ4v) is 4.27. The van der Waals surface area contributed by atoms with Crippen LogP contribution in [0.3, 0.4) is 0 Å². The van der Waals surface area contributed by atoms with Crippen LogP contribution in [0.2, 0.25) is 0 Å². The number of nitriles is 1. The maximum absolute atomic E-state index is 12.8. The fraction of sp³-hybridized carbons (Fsp3) is 0.217. The third-order valence-electron chi connectivity index (χ3n) is 5.91. The van der Waals surface area contributed by atoms with Crippen molar-refractivity contribution in [1.82, 2.24) is 20.5 Å². The van der Waals surface area contributed by atoms with Gasteiger partial charge in [0.15, 0.2) is 0 Å². The molecule has 148 valence electrons. The molecule has 1 spiro atoms. The molecule has 2 N–H and O–H groups in total. The number of hydrogen-bond donors (Lipinski definition) is 2. The summed E-state index contributed by atoms with van der Waals surface area (Å²) in [5.74, 6) is -0.0727. The first-order valence-corrected chi connectivity index (χ1v) is 9.75. The Morgan fingerprint density at radius 2 is 1.90 bits per heavy atom. The Kier molecular flexibility index (Phi) is 3.97. The van der Waals surface area contributed by atoms with Gasteiger partial charge >= 0.3 is 6.03 Å². The van der Waals surface area contributed by atoms with E-state index in [2.05, 4.69) is 16.7 Å². The highest BCUT2D eigenvalue weighted by atomic mass is 16.2. The number of carbonyl (C=O) groups is 2. The van der Waals surface area contributed by atoms with Crippen molar-refractivity contribution in [2.45, 2.75) is 12.5 Å². The van der Waals surface area contributed by atoms with E-state index < -0.39 is 0 Å². The summed E-state index contributed by atoms with van der Waals surface area (Å²) in [4.78, 5) is 30.6. The Morgan fingerprint density at radius 1 is 1.17 bits per heavy atom. The second-order valence-electron chi connectivity index (χ2n) is 7.92. The van der Waals surface area contributed by atoms with Crippen molar-refractivity contribution >= 4 is 22.8 Å². The molecule has 7 heteroatoms. The molecule has 3 heterocycles. The number of aryl methyl sites for hydroxylation is 1. The van der Waals surface area contributed by atoms with Gasteiger partial charge in [-0.3, -0.25) is 4.79 Å². The summed E-state index contributed by atoms with van der Waals surface area (Å²) in [6.45, 7) is 3.46. The molecule has 0 atom stereocenters. The molecule has 2 aliphatic heterocycles. The molecule has 7 nitrogen and oxygen atoms in total. The number of benzene rings is 2. The van der Waals surface area contributed by atoms with Crippen LogP contribution in [0.4, 0.5) is 4.79 Å². The number of pyridine rings is 1. The van der Waals surface area contributed by atoms with Gasteiger partial charge in [-0.2, -0.15) is 5.26 Å². The van der Waals surface area contributed by atoms with Crippen LogP contribution in [0, 0.1) is 18.3 Å². The van der Waals surface area contributed by atoms with Crippen molar-refractivity contribution in [3.63, 3.8) is 0 Å². The summed E-state index contributed by atoms with van der Waals surface area (Å²) in [5.41, 5.74) is 3.93. The zero-order chi connectivity index (χ0) is 20.9. The van der Waals surface area contributed by atoms with E-state index in [1.807, 2.05) is 43.3 Å². The summed E-state index contributed by atoms with van der Waals surface area (Å²) >= 11 is 0. The smallest absolute Gasteiger partial charge is 0.315 e. The van der Waals surface area contributed by atoms with Gasteiger partial charge in [0, 0.05) is 36.1 Å². The van der Waals surface area contributed by atoms with Crippen LogP contribution in [0.15, 0.2) is 48.5 Å². The number of nitrogens with one attached hydrogen (secondary N) is 2. The van der Waals surface area contributed by atoms with E-state index in [9.17, 15) is 14.9 Å². The maximum atomic E-state index is 12.8. The van der Waals surface area contributed by atoms with Gasteiger partial charge in [0.1, 0.15) is 6.07 Å². The van der Waals surface area contributed by atoms with Crippen LogP contribution in [0.1, 0.15) is 21.5 Å². The molecule has 5 rings (SSSR count). The summed E-state index contributed by atoms with van der Waals surface area (Å²) in [6.07, 6.45) is 0. The lowest BCUT2D eigenvalue weighted by Gasteiger charge is -2.46. The van der Waals surface area contributed by atoms with Crippen molar-refractivity contribution in [1.29, 1.82) is 5.26 Å². The van der Waals surface area contributed by atoms with Gasteiger partial charge in [-0.05, 0) is 30.7 Å². The van der Waals surface area contributed by atoms with Crippen molar-refractivity contribution < 1.29 is 9.59 Å². The fourth-order valence-electron chi connectivity index (χ4n) is 4.27. The van der Waals surface area contributed by atoms with Crippen molar-refractivity contribution in [2.75, 3.05) is 19.6 Å². The molecule has 0 aliphatic carbocycles. The second-order valence-corrected chi connectivity index (χ2v) is 7.92. The molecule has 0 unspecified atom stereocenters. The van der Waals surface area contributed by atoms with Crippen LogP contribution in [0.25, 0.3) is 22.2 Å². The largest absolute Gasteiger partial charge is 0.336 e. The number of fused-ring (bicyclic) bond motifs is 1. The van der Waals surface area contributed by atoms with E-state index in [1.54, 1.807) is 17.0 Å². The minimum atomic E-state index is -0.332. The highest BCUT2D eigenvalue weighted by Gasteiger charge is 2.49. The monoisotopic (exact) mass is 397 g/mol. The Labute approximate surface area is 173 Å². The van der Waals surface area contributed by atoms with Gasteiger partial charge in [-0.1, -0.05) is 30.3 Å². The molecule has 0 radical (unpaired) electrons. The highest BCUT2D eigenvalue weighted by Crippen LogP contribution is 2.30. The zero-order valence-electron chi connectivity index (χ0n) is 16.4. The number of urea groups is 1. The van der Waals surface area contributed by atoms with Gasteiger partial charge in [0.25, 0.3) is 5.91 Å². The first kappa shape index (κ1) is 18.1. The molecule has 0 saturated carbocycles. The van der Waals surface area contributed by atoms with Crippen LogP contribution in [-0.4, -0.2) is 47.0 Å². The third-order valence-corrected chi connectivity index (χ3v) is 5.91. The van der Waals surface area contributed by atoms with E-state index in [0.29, 0.717) is 36.5 Å². The standard InChI is InChI=1S/C23H19N5O2/c1-14-17-4-2-3-5-19(17)26-20(18(14)10-24)15-6-8-16(9-7-15)21(29)28-12-23(13-28)11-25-22(30)27-23/h2-9H,11-13H2,1H3,(H2,25,27,30). The third kappa shape index (κ3) is 2.77. The summed E-state index contributed by atoms with van der Waals surface area (Å²) in [5, 5.41) is 16.3. The minimum absolute atomic E-state index is 0.0727. The van der Waals surface area contributed by atoms with E-state index in [4.69, 9.17) is 4.98 Å². The van der Waals surface area contributed by atoms with Gasteiger partial charge in [-0.15, -0.1) is 0 Å². The summed E-state index contributed by atoms with van der Waals surface area (Å²) in [6, 6.07) is 17.1. The van der Waals surface area contributed by atoms with Gasteiger partial charge < -0.3 is 15.5 Å². The lowest BCUT2D eigenvalue weighted by Crippen LogP contribution is -2.70. The average molecular weight is 397 g/mol. The van der Waals surface area contributed by atoms with Crippen molar-refractivity contribution in [3.05, 3.63) is 65.2 Å². The Balaban J connectivity index is 1.41. The number of rotatable bonds is 2. The number of aromatic nitrogens is 1. The van der Waals surface area contributed by atoms with Gasteiger partial charge in [0.05, 0.1) is 22.3 Å². The predicted octanol–water partition coefficient (Wildman–Crippen LogP) is 2.59. The Hall–Kier alpha value is -3.92. The number of hydrogen-bond acceptors (Lipinski definition) is 4. The summed E-state index contributed by atoms with van der Waals surface area (Å²) < 4.78 is 0. The highest BCUT2D eigenvalue weighted by molar-refractivity contribution is 5.96. The van der Waals surface area contributed by atoms with E-state index in [0.717, 1.165) is 22.0 Å². The van der Waals surface area contributed by atoms with E-state index >= 15 is 0 Å². The topological polar surface area (TPSA) is 98.1 Å². The predicted molar refractivity (Wildman–Crippen MR) is 112 cm³/mol. The average Bonchev–Trinajstić information content (AvgIpc) is 3.14. The number of amides is 3. The molecule has 0 bridgehead atoms. The number of likely N-dealkylation sites (tertiary alicyclic amines) is 1. The molecule has 2 aromatic carbocycles. The number of carbonyl (C=O) groups excluding carboxylic acids is 2. The molecular formula is C23H19N5O2. The molecule has 2 aliphatic rings. The summed E-state index contributed by atoms with van der Waals surface area (Å²) in [7, 11) is 0. The van der Waals surface area contributed by atoms with Crippen LogP contribution in [0.5, 0.6) is 0 Å². The molecule has 3 aromatic rings. The van der Waals surface area contributed by atoms with Crippen molar-refractivity contribution in [3.8, 4) is 17.3 Å². The van der Waals surface area contributed by atoms with Crippen LogP contribution in [-0.2, 0) is 0 Å². The SMILES string of the molecule is Cc1c(C#N)c(-c2ccc(C(=O)N3CC4(CNC(=O)N4)C3)cc2)nc2ccccc12. The lowest BCUT2D eigenvalue weighted by atomic mass is 9.90. The number of nitrogens with zero attached hydrogens (tertiary/aromatic N) is 3. The molecule has 30 heavy (non-hydrogen) atoms. The molecule has 2 saturated heterocycles. The number of para-hydroxylation sites is 1. The molecule has 1 aromatic heterocycles. The maximum Gasteiger partial charge on any atom is 0.315 e. The van der Waals surface area contributed by atoms with E-state index in [1.165, 1.54) is 0 Å². The van der Waals surface area contributed by atoms with Crippen molar-refractivity contribution in [2.24, 2.45) is 0 Å². The minimum Gasteiger partial charge on any atom is -0.336 e.